The summed E-state index contributed by atoms with van der Waals surface area (Å²) in [4.78, 5) is 25.1. The number of benzene rings is 2. The van der Waals surface area contributed by atoms with Crippen LogP contribution in [0.4, 0.5) is 11.4 Å². The highest BCUT2D eigenvalue weighted by Crippen LogP contribution is 2.39. The summed E-state index contributed by atoms with van der Waals surface area (Å²) in [5, 5.41) is 11.3. The van der Waals surface area contributed by atoms with Gasteiger partial charge in [-0.05, 0) is 30.5 Å². The fraction of sp³-hybridized carbons (Fsp3) is 0.235. The molecule has 0 fully saturated rings. The monoisotopic (exact) mass is 374 g/mol. The number of nitrogens with zero attached hydrogens (tertiary/aromatic N) is 2. The maximum Gasteiger partial charge on any atom is 0.294 e. The van der Waals surface area contributed by atoms with Crippen LogP contribution >= 0.6 is 15.9 Å². The molecule has 0 bridgehead atoms. The maximum atomic E-state index is 12.6. The van der Waals surface area contributed by atoms with Gasteiger partial charge in [-0.15, -0.1) is 0 Å². The van der Waals surface area contributed by atoms with Crippen molar-refractivity contribution in [1.29, 1.82) is 0 Å². The van der Waals surface area contributed by atoms with Gasteiger partial charge in [0.05, 0.1) is 11.3 Å². The number of anilines is 1. The van der Waals surface area contributed by atoms with Crippen molar-refractivity contribution >= 4 is 33.2 Å². The number of hydrogen-bond donors (Lipinski definition) is 0. The van der Waals surface area contributed by atoms with Crippen molar-refractivity contribution in [2.45, 2.75) is 19.8 Å². The molecule has 0 aliphatic carbocycles. The molecular weight excluding hydrogens is 360 g/mol. The third kappa shape index (κ3) is 3.12. The molecule has 0 aromatic heterocycles. The summed E-state index contributed by atoms with van der Waals surface area (Å²) < 4.78 is 0.663. The number of hydrogen-bond acceptors (Lipinski definition) is 3. The van der Waals surface area contributed by atoms with Crippen molar-refractivity contribution in [2.24, 2.45) is 0 Å². The van der Waals surface area contributed by atoms with E-state index in [-0.39, 0.29) is 18.0 Å². The normalized spacial score (nSPS) is 13.0. The Kier molecular flexibility index (Phi) is 4.17. The molecule has 0 saturated heterocycles. The first-order valence-corrected chi connectivity index (χ1v) is 8.08. The predicted octanol–water partition coefficient (Wildman–Crippen LogP) is 3.80. The van der Waals surface area contributed by atoms with Gasteiger partial charge in [-0.25, -0.2) is 0 Å². The fourth-order valence-electron chi connectivity index (χ4n) is 2.97. The summed E-state index contributed by atoms with van der Waals surface area (Å²) in [5.41, 5.74) is 3.26. The minimum absolute atomic E-state index is 0.0236. The second-order valence-electron chi connectivity index (χ2n) is 5.65. The van der Waals surface area contributed by atoms with Crippen molar-refractivity contribution in [3.05, 3.63) is 67.7 Å². The van der Waals surface area contributed by atoms with Gasteiger partial charge >= 0.3 is 0 Å². The SMILES string of the molecule is Cc1cccc(CC(=O)N2CCc3cc(Br)cc([N+](=O)[O-])c32)c1. The third-order valence-electron chi connectivity index (χ3n) is 3.94. The largest absolute Gasteiger partial charge is 0.306 e. The van der Waals surface area contributed by atoms with Gasteiger partial charge in [-0.3, -0.25) is 14.9 Å². The van der Waals surface area contributed by atoms with E-state index in [2.05, 4.69) is 15.9 Å². The summed E-state index contributed by atoms with van der Waals surface area (Å²) in [6.45, 7) is 2.46. The van der Waals surface area contributed by atoms with Crippen LogP contribution in [0.5, 0.6) is 0 Å². The number of amides is 1. The van der Waals surface area contributed by atoms with E-state index in [1.54, 1.807) is 4.90 Å². The first-order chi connectivity index (χ1) is 11.0. The van der Waals surface area contributed by atoms with Crippen molar-refractivity contribution in [2.75, 3.05) is 11.4 Å². The number of rotatable bonds is 3. The van der Waals surface area contributed by atoms with Crippen LogP contribution in [0.3, 0.4) is 0 Å². The van der Waals surface area contributed by atoms with Crippen LogP contribution in [0.1, 0.15) is 16.7 Å². The lowest BCUT2D eigenvalue weighted by Gasteiger charge is -2.17. The standard InChI is InChI=1S/C17H15BrN2O3/c1-11-3-2-4-12(7-11)8-16(21)19-6-5-13-9-14(18)10-15(17(13)19)20(22)23/h2-4,7,9-10H,5-6,8H2,1H3. The van der Waals surface area contributed by atoms with E-state index in [1.807, 2.05) is 37.3 Å². The minimum atomic E-state index is -0.429. The van der Waals surface area contributed by atoms with Crippen molar-refractivity contribution in [3.8, 4) is 0 Å². The molecule has 1 amide bonds. The van der Waals surface area contributed by atoms with Crippen LogP contribution in [0.25, 0.3) is 0 Å². The first-order valence-electron chi connectivity index (χ1n) is 7.28. The molecule has 5 nitrogen and oxygen atoms in total. The molecule has 118 valence electrons. The second kappa shape index (κ2) is 6.12. The average Bonchev–Trinajstić information content (AvgIpc) is 2.89. The Hall–Kier alpha value is -2.21. The van der Waals surface area contributed by atoms with E-state index in [9.17, 15) is 14.9 Å². The van der Waals surface area contributed by atoms with Gasteiger partial charge in [-0.2, -0.15) is 0 Å². The Morgan fingerprint density at radius 1 is 1.35 bits per heavy atom. The molecule has 0 spiro atoms. The third-order valence-corrected chi connectivity index (χ3v) is 4.40. The van der Waals surface area contributed by atoms with Crippen LogP contribution in [-0.4, -0.2) is 17.4 Å². The zero-order chi connectivity index (χ0) is 16.6. The maximum absolute atomic E-state index is 12.6. The van der Waals surface area contributed by atoms with E-state index in [1.165, 1.54) is 6.07 Å². The molecule has 2 aromatic rings. The zero-order valence-electron chi connectivity index (χ0n) is 12.6. The number of halogens is 1. The Morgan fingerprint density at radius 3 is 2.83 bits per heavy atom. The van der Waals surface area contributed by atoms with Crippen molar-refractivity contribution in [1.82, 2.24) is 0 Å². The van der Waals surface area contributed by atoms with Gasteiger partial charge in [0.1, 0.15) is 5.69 Å². The Labute approximate surface area is 142 Å². The minimum Gasteiger partial charge on any atom is -0.306 e. The van der Waals surface area contributed by atoms with Gasteiger partial charge in [0.15, 0.2) is 0 Å². The Balaban J connectivity index is 1.93. The van der Waals surface area contributed by atoms with E-state index < -0.39 is 4.92 Å². The highest BCUT2D eigenvalue weighted by Gasteiger charge is 2.32. The van der Waals surface area contributed by atoms with Gasteiger partial charge in [0.2, 0.25) is 5.91 Å². The Bertz CT molecular complexity index is 804. The molecule has 1 aliphatic rings. The molecule has 0 saturated carbocycles. The number of fused-ring (bicyclic) bond motifs is 1. The average molecular weight is 375 g/mol. The molecule has 1 heterocycles. The second-order valence-corrected chi connectivity index (χ2v) is 6.57. The number of carbonyl (C=O) groups is 1. The smallest absolute Gasteiger partial charge is 0.294 e. The Morgan fingerprint density at radius 2 is 2.13 bits per heavy atom. The predicted molar refractivity (Wildman–Crippen MR) is 91.7 cm³/mol. The topological polar surface area (TPSA) is 63.5 Å². The van der Waals surface area contributed by atoms with Gasteiger partial charge < -0.3 is 4.90 Å². The molecule has 0 unspecified atom stereocenters. The molecule has 3 rings (SSSR count). The molecule has 2 aromatic carbocycles. The van der Waals surface area contributed by atoms with E-state index in [4.69, 9.17) is 0 Å². The highest BCUT2D eigenvalue weighted by molar-refractivity contribution is 9.10. The van der Waals surface area contributed by atoms with Crippen molar-refractivity contribution in [3.63, 3.8) is 0 Å². The molecule has 0 atom stereocenters. The lowest BCUT2D eigenvalue weighted by atomic mass is 10.1. The molecule has 23 heavy (non-hydrogen) atoms. The van der Waals surface area contributed by atoms with E-state index in [0.717, 1.165) is 16.7 Å². The lowest BCUT2D eigenvalue weighted by molar-refractivity contribution is -0.384. The number of aryl methyl sites for hydroxylation is 1. The summed E-state index contributed by atoms with van der Waals surface area (Å²) in [5.74, 6) is -0.111. The van der Waals surface area contributed by atoms with Crippen LogP contribution in [0.15, 0.2) is 40.9 Å². The molecule has 0 radical (unpaired) electrons. The van der Waals surface area contributed by atoms with Crippen LogP contribution in [0.2, 0.25) is 0 Å². The number of carbonyl (C=O) groups excluding carboxylic acids is 1. The van der Waals surface area contributed by atoms with E-state index in [0.29, 0.717) is 23.1 Å². The number of nitro groups is 1. The molecule has 1 aliphatic heterocycles. The molecule has 6 heteroatoms. The summed E-state index contributed by atoms with van der Waals surface area (Å²) in [7, 11) is 0. The lowest BCUT2D eigenvalue weighted by Crippen LogP contribution is -2.30. The van der Waals surface area contributed by atoms with Crippen LogP contribution in [0, 0.1) is 17.0 Å². The first kappa shape index (κ1) is 15.7. The van der Waals surface area contributed by atoms with Crippen LogP contribution < -0.4 is 4.90 Å². The summed E-state index contributed by atoms with van der Waals surface area (Å²) in [6, 6.07) is 11.1. The van der Waals surface area contributed by atoms with Crippen LogP contribution in [-0.2, 0) is 17.6 Å². The fourth-order valence-corrected chi connectivity index (χ4v) is 3.46. The van der Waals surface area contributed by atoms with Gasteiger partial charge in [-0.1, -0.05) is 45.8 Å². The van der Waals surface area contributed by atoms with E-state index >= 15 is 0 Å². The quantitative estimate of drug-likeness (QED) is 0.606. The molecule has 0 N–H and O–H groups in total. The summed E-state index contributed by atoms with van der Waals surface area (Å²) in [6.07, 6.45) is 0.878. The molecular formula is C17H15BrN2O3. The van der Waals surface area contributed by atoms with Gasteiger partial charge in [0.25, 0.3) is 5.69 Å². The van der Waals surface area contributed by atoms with Gasteiger partial charge in [0, 0.05) is 17.1 Å². The number of nitro benzene ring substituents is 1. The zero-order valence-corrected chi connectivity index (χ0v) is 14.2. The summed E-state index contributed by atoms with van der Waals surface area (Å²) >= 11 is 3.29. The highest BCUT2D eigenvalue weighted by atomic mass is 79.9. The van der Waals surface area contributed by atoms with Crippen molar-refractivity contribution < 1.29 is 9.72 Å².